The predicted molar refractivity (Wildman–Crippen MR) is 74.0 cm³/mol. The molecule has 0 aliphatic rings. The molecule has 0 saturated carbocycles. The van der Waals surface area contributed by atoms with E-state index in [-0.39, 0.29) is 11.9 Å². The summed E-state index contributed by atoms with van der Waals surface area (Å²) in [5.74, 6) is -0.0670. The van der Waals surface area contributed by atoms with E-state index in [4.69, 9.17) is 0 Å². The minimum atomic E-state index is -0.0670. The summed E-state index contributed by atoms with van der Waals surface area (Å²) in [6.45, 7) is 5.96. The highest BCUT2D eigenvalue weighted by Crippen LogP contribution is 2.20. The maximum Gasteiger partial charge on any atom is 0.268 e. The third kappa shape index (κ3) is 2.41. The van der Waals surface area contributed by atoms with Crippen molar-refractivity contribution in [3.63, 3.8) is 0 Å². The van der Waals surface area contributed by atoms with Gasteiger partial charge in [0.1, 0.15) is 5.69 Å². The van der Waals surface area contributed by atoms with Crippen molar-refractivity contribution in [1.82, 2.24) is 19.7 Å². The van der Waals surface area contributed by atoms with Crippen LogP contribution >= 0.6 is 0 Å². The molecule has 2 rings (SSSR count). The van der Waals surface area contributed by atoms with E-state index in [0.717, 1.165) is 17.0 Å². The van der Waals surface area contributed by atoms with Gasteiger partial charge >= 0.3 is 0 Å². The van der Waals surface area contributed by atoms with Crippen LogP contribution in [0.3, 0.4) is 0 Å². The van der Waals surface area contributed by atoms with Crippen LogP contribution in [-0.4, -0.2) is 20.3 Å². The number of hydrogen-bond donors (Lipinski definition) is 1. The lowest BCUT2D eigenvalue weighted by molar-refractivity contribution is 0.0931. The molecule has 0 radical (unpaired) electrons. The molecule has 0 saturated heterocycles. The van der Waals surface area contributed by atoms with E-state index in [0.29, 0.717) is 5.69 Å². The van der Waals surface area contributed by atoms with Crippen LogP contribution < -0.4 is 5.32 Å². The number of carbonyl (C=O) groups is 1. The topological polar surface area (TPSA) is 51.9 Å². The molecule has 1 N–H and O–H groups in total. The van der Waals surface area contributed by atoms with Crippen molar-refractivity contribution in [2.24, 2.45) is 14.1 Å². The number of nitrogens with zero attached hydrogens (tertiary/aromatic N) is 3. The highest BCUT2D eigenvalue weighted by molar-refractivity contribution is 5.93. The van der Waals surface area contributed by atoms with Crippen molar-refractivity contribution < 1.29 is 4.79 Å². The average molecular weight is 260 g/mol. The van der Waals surface area contributed by atoms with Gasteiger partial charge in [0.25, 0.3) is 5.91 Å². The van der Waals surface area contributed by atoms with E-state index in [9.17, 15) is 4.79 Å². The fourth-order valence-corrected chi connectivity index (χ4v) is 2.46. The number of nitrogens with one attached hydrogen (secondary N) is 1. The SMILES string of the molecule is Cc1nn(C)c(C)c1C(C)NC(=O)c1cccn1C. The fraction of sp³-hybridized carbons (Fsp3) is 0.429. The van der Waals surface area contributed by atoms with Crippen molar-refractivity contribution in [3.8, 4) is 0 Å². The molecule has 19 heavy (non-hydrogen) atoms. The highest BCUT2D eigenvalue weighted by atomic mass is 16.2. The van der Waals surface area contributed by atoms with Gasteiger partial charge in [0.15, 0.2) is 0 Å². The van der Waals surface area contributed by atoms with Crippen LogP contribution in [0.5, 0.6) is 0 Å². The molecular weight excluding hydrogens is 240 g/mol. The van der Waals surface area contributed by atoms with E-state index in [1.54, 1.807) is 0 Å². The Labute approximate surface area is 113 Å². The van der Waals surface area contributed by atoms with Crippen LogP contribution in [0.1, 0.15) is 40.4 Å². The van der Waals surface area contributed by atoms with Gasteiger partial charge in [-0.15, -0.1) is 0 Å². The van der Waals surface area contributed by atoms with Crippen molar-refractivity contribution in [3.05, 3.63) is 41.0 Å². The molecule has 1 unspecified atom stereocenters. The number of hydrogen-bond acceptors (Lipinski definition) is 2. The van der Waals surface area contributed by atoms with E-state index in [2.05, 4.69) is 10.4 Å². The second-order valence-electron chi connectivity index (χ2n) is 4.91. The Morgan fingerprint density at radius 2 is 2.05 bits per heavy atom. The first-order valence-corrected chi connectivity index (χ1v) is 6.34. The average Bonchev–Trinajstić information content (AvgIpc) is 2.84. The van der Waals surface area contributed by atoms with Crippen molar-refractivity contribution in [2.75, 3.05) is 0 Å². The molecule has 0 spiro atoms. The molecule has 0 fully saturated rings. The largest absolute Gasteiger partial charge is 0.347 e. The second kappa shape index (κ2) is 4.91. The molecule has 102 valence electrons. The zero-order valence-corrected chi connectivity index (χ0v) is 12.1. The summed E-state index contributed by atoms with van der Waals surface area (Å²) in [6.07, 6.45) is 1.86. The van der Waals surface area contributed by atoms with Crippen LogP contribution in [0.25, 0.3) is 0 Å². The molecule has 5 heteroatoms. The quantitative estimate of drug-likeness (QED) is 0.916. The van der Waals surface area contributed by atoms with Gasteiger partial charge < -0.3 is 9.88 Å². The maximum absolute atomic E-state index is 12.2. The van der Waals surface area contributed by atoms with Crippen molar-refractivity contribution >= 4 is 5.91 Å². The minimum absolute atomic E-state index is 0.0592. The summed E-state index contributed by atoms with van der Waals surface area (Å²) in [5.41, 5.74) is 3.79. The van der Waals surface area contributed by atoms with Gasteiger partial charge in [-0.05, 0) is 32.9 Å². The van der Waals surface area contributed by atoms with Gasteiger partial charge in [0.05, 0.1) is 11.7 Å². The summed E-state index contributed by atoms with van der Waals surface area (Å²) in [6, 6.07) is 3.61. The highest BCUT2D eigenvalue weighted by Gasteiger charge is 2.19. The Morgan fingerprint density at radius 1 is 1.37 bits per heavy atom. The molecule has 0 bridgehead atoms. The van der Waals surface area contributed by atoms with E-state index in [1.807, 2.05) is 62.4 Å². The monoisotopic (exact) mass is 260 g/mol. The number of aromatic nitrogens is 3. The Morgan fingerprint density at radius 3 is 2.53 bits per heavy atom. The van der Waals surface area contributed by atoms with E-state index >= 15 is 0 Å². The number of carbonyl (C=O) groups excluding carboxylic acids is 1. The van der Waals surface area contributed by atoms with E-state index in [1.165, 1.54) is 0 Å². The molecule has 1 amide bonds. The minimum Gasteiger partial charge on any atom is -0.347 e. The number of aryl methyl sites for hydroxylation is 3. The predicted octanol–water partition coefficient (Wildman–Crippen LogP) is 1.87. The van der Waals surface area contributed by atoms with Crippen molar-refractivity contribution in [2.45, 2.75) is 26.8 Å². The molecule has 0 aliphatic carbocycles. The molecule has 2 aromatic heterocycles. The molecule has 0 aromatic carbocycles. The van der Waals surface area contributed by atoms with Gasteiger partial charge in [-0.25, -0.2) is 0 Å². The summed E-state index contributed by atoms with van der Waals surface area (Å²) >= 11 is 0. The third-order valence-electron chi connectivity index (χ3n) is 3.52. The fourth-order valence-electron chi connectivity index (χ4n) is 2.46. The molecular formula is C14H20N4O. The third-order valence-corrected chi connectivity index (χ3v) is 3.52. The zero-order valence-electron chi connectivity index (χ0n) is 12.1. The standard InChI is InChI=1S/C14H20N4O/c1-9(13-10(2)16-18(5)11(13)3)15-14(19)12-7-6-8-17(12)4/h6-9H,1-5H3,(H,15,19). The van der Waals surface area contributed by atoms with Crippen LogP contribution in [0.4, 0.5) is 0 Å². The zero-order chi connectivity index (χ0) is 14.2. The van der Waals surface area contributed by atoms with Crippen LogP contribution in [0.15, 0.2) is 18.3 Å². The van der Waals surface area contributed by atoms with Crippen LogP contribution in [0.2, 0.25) is 0 Å². The lowest BCUT2D eigenvalue weighted by Gasteiger charge is -2.15. The lowest BCUT2D eigenvalue weighted by atomic mass is 10.1. The normalized spacial score (nSPS) is 12.5. The Bertz CT molecular complexity index is 609. The number of rotatable bonds is 3. The van der Waals surface area contributed by atoms with Gasteiger partial charge in [0.2, 0.25) is 0 Å². The first kappa shape index (κ1) is 13.4. The maximum atomic E-state index is 12.2. The van der Waals surface area contributed by atoms with E-state index < -0.39 is 0 Å². The Balaban J connectivity index is 2.20. The summed E-state index contributed by atoms with van der Waals surface area (Å²) < 4.78 is 3.65. The van der Waals surface area contributed by atoms with Crippen LogP contribution in [-0.2, 0) is 14.1 Å². The molecule has 2 heterocycles. The van der Waals surface area contributed by atoms with Crippen LogP contribution in [0, 0.1) is 13.8 Å². The van der Waals surface area contributed by atoms with Gasteiger partial charge in [-0.2, -0.15) is 5.10 Å². The van der Waals surface area contributed by atoms with Gasteiger partial charge in [-0.3, -0.25) is 9.48 Å². The smallest absolute Gasteiger partial charge is 0.268 e. The Hall–Kier alpha value is -2.04. The summed E-state index contributed by atoms with van der Waals surface area (Å²) in [5, 5.41) is 7.40. The molecule has 0 aliphatic heterocycles. The Kier molecular flexibility index (Phi) is 3.46. The van der Waals surface area contributed by atoms with Crippen molar-refractivity contribution in [1.29, 1.82) is 0 Å². The first-order chi connectivity index (χ1) is 8.91. The molecule has 2 aromatic rings. The second-order valence-corrected chi connectivity index (χ2v) is 4.91. The first-order valence-electron chi connectivity index (χ1n) is 6.34. The van der Waals surface area contributed by atoms with Gasteiger partial charge in [0, 0.05) is 31.5 Å². The molecule has 5 nitrogen and oxygen atoms in total. The summed E-state index contributed by atoms with van der Waals surface area (Å²) in [4.78, 5) is 12.2. The van der Waals surface area contributed by atoms with Gasteiger partial charge in [-0.1, -0.05) is 0 Å². The molecule has 1 atom stereocenters. The lowest BCUT2D eigenvalue weighted by Crippen LogP contribution is -2.28. The summed E-state index contributed by atoms with van der Waals surface area (Å²) in [7, 11) is 3.78. The number of amides is 1.